The molecule has 6 heteroatoms. The van der Waals surface area contributed by atoms with Gasteiger partial charge in [-0.15, -0.1) is 0 Å². The van der Waals surface area contributed by atoms with Gasteiger partial charge >= 0.3 is 12.2 Å². The third kappa shape index (κ3) is 2.60. The Hall–Kier alpha value is -2.85. The monoisotopic (exact) mass is 269 g/mol. The molecule has 0 unspecified atom stereocenters. The van der Waals surface area contributed by atoms with Crippen molar-refractivity contribution in [2.45, 2.75) is 6.92 Å². The molecule has 0 saturated carbocycles. The summed E-state index contributed by atoms with van der Waals surface area (Å²) in [5, 5.41) is 0.716. The fraction of sp³-hybridized carbons (Fsp3) is 0.143. The highest BCUT2D eigenvalue weighted by molar-refractivity contribution is 6.34. The van der Waals surface area contributed by atoms with Crippen LogP contribution in [0.1, 0.15) is 27.8 Å². The summed E-state index contributed by atoms with van der Waals surface area (Å²) in [6.45, 7) is 1.86. The number of esters is 1. The molecule has 1 heterocycles. The quantitative estimate of drug-likeness (QED) is 0.278. The van der Waals surface area contributed by atoms with E-state index in [9.17, 15) is 9.59 Å². The van der Waals surface area contributed by atoms with Crippen molar-refractivity contribution in [1.82, 2.24) is 4.98 Å². The predicted molar refractivity (Wildman–Crippen MR) is 71.7 cm³/mol. The molecule has 1 aromatic heterocycles. The van der Waals surface area contributed by atoms with Gasteiger partial charge in [0.15, 0.2) is 0 Å². The fourth-order valence-corrected chi connectivity index (χ4v) is 1.78. The molecule has 0 aliphatic carbocycles. The number of carbonyl (C=O) groups excluding carboxylic acids is 2. The number of hydrogen-bond donors (Lipinski definition) is 0. The van der Waals surface area contributed by atoms with Gasteiger partial charge in [-0.25, -0.2) is 9.78 Å². The van der Waals surface area contributed by atoms with E-state index in [4.69, 9.17) is 10.3 Å². The second-order valence-electron chi connectivity index (χ2n) is 3.91. The van der Waals surface area contributed by atoms with Crippen LogP contribution < -0.4 is 0 Å². The molecule has 0 atom stereocenters. The molecule has 20 heavy (non-hydrogen) atoms. The summed E-state index contributed by atoms with van der Waals surface area (Å²) in [6.07, 6.45) is 0.694. The zero-order valence-corrected chi connectivity index (χ0v) is 10.7. The van der Waals surface area contributed by atoms with Crippen molar-refractivity contribution in [2.24, 2.45) is 0 Å². The zero-order chi connectivity index (χ0) is 14.5. The average molecular weight is 269 g/mol. The van der Waals surface area contributed by atoms with Crippen LogP contribution in [0.5, 0.6) is 0 Å². The van der Waals surface area contributed by atoms with Crippen LogP contribution >= 0.6 is 0 Å². The number of ketones is 1. The predicted octanol–water partition coefficient (Wildman–Crippen LogP) is 1.89. The van der Waals surface area contributed by atoms with Crippen molar-refractivity contribution in [3.63, 3.8) is 0 Å². The molecule has 1 aromatic carbocycles. The lowest BCUT2D eigenvalue weighted by molar-refractivity contribution is 0.00229. The SMILES string of the molecule is CCOC(=O)c1cc2ccccc2nc1C(=O)C=[N+]=[N-]. The van der Waals surface area contributed by atoms with E-state index in [2.05, 4.69) is 9.77 Å². The minimum absolute atomic E-state index is 0.0513. The van der Waals surface area contributed by atoms with E-state index in [-0.39, 0.29) is 17.9 Å². The van der Waals surface area contributed by atoms with Gasteiger partial charge in [-0.1, -0.05) is 18.2 Å². The summed E-state index contributed by atoms with van der Waals surface area (Å²) in [7, 11) is 0. The van der Waals surface area contributed by atoms with Crippen molar-refractivity contribution < 1.29 is 19.1 Å². The molecule has 0 radical (unpaired) electrons. The Bertz CT molecular complexity index is 734. The van der Waals surface area contributed by atoms with Crippen molar-refractivity contribution in [2.75, 3.05) is 6.61 Å². The van der Waals surface area contributed by atoms with Gasteiger partial charge in [0.2, 0.25) is 0 Å². The number of hydrogen-bond acceptors (Lipinski definition) is 4. The highest BCUT2D eigenvalue weighted by atomic mass is 16.5. The lowest BCUT2D eigenvalue weighted by atomic mass is 10.1. The highest BCUT2D eigenvalue weighted by Gasteiger charge is 2.21. The van der Waals surface area contributed by atoms with Gasteiger partial charge in [-0.2, -0.15) is 4.79 Å². The fourth-order valence-electron chi connectivity index (χ4n) is 1.78. The number of fused-ring (bicyclic) bond motifs is 1. The largest absolute Gasteiger partial charge is 0.462 e. The molecule has 2 rings (SSSR count). The molecule has 0 aliphatic heterocycles. The Labute approximate surface area is 114 Å². The van der Waals surface area contributed by atoms with Crippen molar-refractivity contribution >= 4 is 28.9 Å². The van der Waals surface area contributed by atoms with Crippen LogP contribution in [0.2, 0.25) is 0 Å². The molecule has 0 saturated heterocycles. The minimum Gasteiger partial charge on any atom is -0.462 e. The Balaban J connectivity index is 2.67. The summed E-state index contributed by atoms with van der Waals surface area (Å²) in [6, 6.07) is 8.61. The summed E-state index contributed by atoms with van der Waals surface area (Å²) >= 11 is 0. The first-order chi connectivity index (χ1) is 9.67. The molecular weight excluding hydrogens is 258 g/mol. The average Bonchev–Trinajstić information content (AvgIpc) is 2.46. The molecule has 100 valence electrons. The Morgan fingerprint density at radius 1 is 1.40 bits per heavy atom. The standard InChI is InChI=1S/C14H11N3O3/c1-2-20-14(19)10-7-9-5-3-4-6-11(9)17-13(10)12(18)8-16-15/h3-8H,2H2,1H3. The molecule has 0 aliphatic rings. The van der Waals surface area contributed by atoms with Gasteiger partial charge in [0, 0.05) is 5.39 Å². The van der Waals surface area contributed by atoms with E-state index in [1.54, 1.807) is 37.3 Å². The topological polar surface area (TPSA) is 92.7 Å². The zero-order valence-electron chi connectivity index (χ0n) is 10.7. The van der Waals surface area contributed by atoms with Crippen LogP contribution in [0, 0.1) is 0 Å². The van der Waals surface area contributed by atoms with Crippen molar-refractivity contribution in [3.05, 3.63) is 47.1 Å². The van der Waals surface area contributed by atoms with Crippen LogP contribution in [0.25, 0.3) is 16.4 Å². The summed E-state index contributed by atoms with van der Waals surface area (Å²) in [4.78, 5) is 30.6. The Kier molecular flexibility index (Phi) is 3.98. The summed E-state index contributed by atoms with van der Waals surface area (Å²) in [5.74, 6) is -1.30. The summed E-state index contributed by atoms with van der Waals surface area (Å²) in [5.41, 5.74) is 8.97. The molecular formula is C14H11N3O3. The van der Waals surface area contributed by atoms with E-state index in [1.165, 1.54) is 0 Å². The molecule has 0 fully saturated rings. The number of benzene rings is 1. The molecule has 0 spiro atoms. The van der Waals surface area contributed by atoms with Gasteiger partial charge < -0.3 is 10.3 Å². The smallest absolute Gasteiger partial charge is 0.340 e. The molecule has 0 N–H and O–H groups in total. The number of Topliss-reactive ketones (excluding diaryl/α,β-unsaturated/α-hetero) is 1. The van der Waals surface area contributed by atoms with Crippen molar-refractivity contribution in [3.8, 4) is 0 Å². The maximum Gasteiger partial charge on any atom is 0.340 e. The second kappa shape index (κ2) is 5.86. The number of pyridine rings is 1. The van der Waals surface area contributed by atoms with Crippen LogP contribution in [0.3, 0.4) is 0 Å². The van der Waals surface area contributed by atoms with Gasteiger partial charge in [-0.05, 0) is 19.1 Å². The first kappa shape index (κ1) is 13.6. The van der Waals surface area contributed by atoms with E-state index >= 15 is 0 Å². The van der Waals surface area contributed by atoms with Gasteiger partial charge in [0.05, 0.1) is 17.7 Å². The van der Waals surface area contributed by atoms with Crippen LogP contribution in [-0.2, 0) is 4.74 Å². The van der Waals surface area contributed by atoms with Crippen LogP contribution in [0.4, 0.5) is 0 Å². The number of ether oxygens (including phenoxy) is 1. The van der Waals surface area contributed by atoms with Gasteiger partial charge in [0.25, 0.3) is 5.78 Å². The lowest BCUT2D eigenvalue weighted by Gasteiger charge is -2.06. The van der Waals surface area contributed by atoms with Gasteiger partial charge in [-0.3, -0.25) is 4.79 Å². The third-order valence-corrected chi connectivity index (χ3v) is 2.63. The second-order valence-corrected chi connectivity index (χ2v) is 3.91. The number of nitrogens with zero attached hydrogens (tertiary/aromatic N) is 3. The molecule has 0 bridgehead atoms. The van der Waals surface area contributed by atoms with Crippen molar-refractivity contribution in [1.29, 1.82) is 0 Å². The molecule has 2 aromatic rings. The number of rotatable bonds is 4. The number of carbonyl (C=O) groups is 2. The van der Waals surface area contributed by atoms with Crippen LogP contribution in [-0.4, -0.2) is 34.3 Å². The van der Waals surface area contributed by atoms with Crippen LogP contribution in [0.15, 0.2) is 30.3 Å². The maximum atomic E-state index is 11.9. The minimum atomic E-state index is -0.665. The number of para-hydroxylation sites is 1. The normalized spacial score (nSPS) is 9.85. The highest BCUT2D eigenvalue weighted by Crippen LogP contribution is 2.18. The first-order valence-corrected chi connectivity index (χ1v) is 5.96. The van der Waals surface area contributed by atoms with Gasteiger partial charge in [0.1, 0.15) is 5.69 Å². The van der Waals surface area contributed by atoms with E-state index in [0.29, 0.717) is 17.1 Å². The molecule has 6 nitrogen and oxygen atoms in total. The Morgan fingerprint density at radius 2 is 2.15 bits per heavy atom. The number of aromatic nitrogens is 1. The van der Waals surface area contributed by atoms with E-state index in [1.807, 2.05) is 0 Å². The van der Waals surface area contributed by atoms with E-state index < -0.39 is 11.8 Å². The summed E-state index contributed by atoms with van der Waals surface area (Å²) < 4.78 is 4.91. The first-order valence-electron chi connectivity index (χ1n) is 5.96. The Morgan fingerprint density at radius 3 is 2.85 bits per heavy atom. The lowest BCUT2D eigenvalue weighted by Crippen LogP contribution is -2.15. The third-order valence-electron chi connectivity index (χ3n) is 2.63. The molecule has 0 amide bonds. The van der Waals surface area contributed by atoms with E-state index in [0.717, 1.165) is 0 Å². The maximum absolute atomic E-state index is 11.9.